The van der Waals surface area contributed by atoms with Crippen LogP contribution in [0.4, 0.5) is 5.88 Å². The zero-order valence-electron chi connectivity index (χ0n) is 15.2. The van der Waals surface area contributed by atoms with Crippen molar-refractivity contribution in [2.24, 2.45) is 0 Å². The molecule has 0 fully saturated rings. The average Bonchev–Trinajstić information content (AvgIpc) is 3.15. The number of Topliss-reactive ketones (excluding diaryl/α,β-unsaturated/α-hetero) is 1. The van der Waals surface area contributed by atoms with E-state index in [1.54, 1.807) is 24.3 Å². The average molecular weight is 420 g/mol. The van der Waals surface area contributed by atoms with Crippen LogP contribution in [-0.2, 0) is 10.0 Å². The number of carbonyl (C=O) groups is 1. The molecular formula is C19H18ClN3O4S. The molecule has 9 heteroatoms. The Morgan fingerprint density at radius 2 is 1.86 bits per heavy atom. The molecule has 146 valence electrons. The van der Waals surface area contributed by atoms with Crippen LogP contribution in [0, 0.1) is 0 Å². The molecule has 28 heavy (non-hydrogen) atoms. The van der Waals surface area contributed by atoms with Crippen LogP contribution in [0.25, 0.3) is 11.3 Å². The van der Waals surface area contributed by atoms with E-state index >= 15 is 0 Å². The number of halogens is 1. The van der Waals surface area contributed by atoms with E-state index in [2.05, 4.69) is 10.5 Å². The number of hydrogen-bond acceptors (Lipinski definition) is 6. The van der Waals surface area contributed by atoms with Gasteiger partial charge in [-0.1, -0.05) is 41.0 Å². The lowest BCUT2D eigenvalue weighted by atomic mass is 10.1. The number of benzene rings is 2. The fraction of sp³-hybridized carbons (Fsp3) is 0.158. The minimum Gasteiger partial charge on any atom is -0.347 e. The van der Waals surface area contributed by atoms with E-state index in [0.717, 1.165) is 9.87 Å². The molecule has 0 spiro atoms. The normalized spacial score (nSPS) is 11.6. The van der Waals surface area contributed by atoms with Crippen LogP contribution in [0.15, 0.2) is 64.0 Å². The molecule has 0 saturated carbocycles. The van der Waals surface area contributed by atoms with E-state index in [9.17, 15) is 13.2 Å². The van der Waals surface area contributed by atoms with Gasteiger partial charge < -0.3 is 9.84 Å². The maximum atomic E-state index is 12.4. The van der Waals surface area contributed by atoms with Crippen LogP contribution in [0.3, 0.4) is 0 Å². The van der Waals surface area contributed by atoms with Crippen molar-refractivity contribution in [2.75, 3.05) is 26.0 Å². The fourth-order valence-electron chi connectivity index (χ4n) is 2.43. The van der Waals surface area contributed by atoms with Crippen LogP contribution in [-0.4, -0.2) is 44.3 Å². The van der Waals surface area contributed by atoms with Crippen molar-refractivity contribution in [3.63, 3.8) is 0 Å². The molecule has 0 radical (unpaired) electrons. The summed E-state index contributed by atoms with van der Waals surface area (Å²) in [6, 6.07) is 14.7. The lowest BCUT2D eigenvalue weighted by Crippen LogP contribution is -2.22. The third-order valence-corrected chi connectivity index (χ3v) is 6.07. The highest BCUT2D eigenvalue weighted by Gasteiger charge is 2.19. The first kappa shape index (κ1) is 20.1. The maximum Gasteiger partial charge on any atom is 0.242 e. The van der Waals surface area contributed by atoms with Crippen LogP contribution < -0.4 is 5.32 Å². The fourth-order valence-corrected chi connectivity index (χ4v) is 3.50. The molecule has 0 aliphatic heterocycles. The summed E-state index contributed by atoms with van der Waals surface area (Å²) in [5, 5.41) is 7.44. The van der Waals surface area contributed by atoms with Gasteiger partial charge in [0.2, 0.25) is 15.9 Å². The van der Waals surface area contributed by atoms with Gasteiger partial charge in [0.25, 0.3) is 0 Å². The van der Waals surface area contributed by atoms with Gasteiger partial charge in [-0.2, -0.15) is 0 Å². The first-order valence-corrected chi connectivity index (χ1v) is 10.1. The molecular weight excluding hydrogens is 402 g/mol. The topological polar surface area (TPSA) is 92.5 Å². The van der Waals surface area contributed by atoms with Gasteiger partial charge in [0.05, 0.1) is 11.4 Å². The smallest absolute Gasteiger partial charge is 0.242 e. The molecule has 0 saturated heterocycles. The number of hydrogen-bond donors (Lipinski definition) is 1. The Morgan fingerprint density at radius 1 is 1.14 bits per heavy atom. The van der Waals surface area contributed by atoms with Gasteiger partial charge >= 0.3 is 0 Å². The van der Waals surface area contributed by atoms with Crippen molar-refractivity contribution in [1.29, 1.82) is 0 Å². The van der Waals surface area contributed by atoms with Gasteiger partial charge in [-0.15, -0.1) is 0 Å². The highest BCUT2D eigenvalue weighted by atomic mass is 35.5. The van der Waals surface area contributed by atoms with E-state index in [1.165, 1.54) is 32.3 Å². The second kappa shape index (κ2) is 8.14. The molecule has 0 bridgehead atoms. The molecule has 0 amide bonds. The molecule has 3 aromatic rings. The minimum absolute atomic E-state index is 0.0630. The highest BCUT2D eigenvalue weighted by Crippen LogP contribution is 2.23. The zero-order chi connectivity index (χ0) is 20.3. The minimum atomic E-state index is -3.61. The largest absolute Gasteiger partial charge is 0.347 e. The third-order valence-electron chi connectivity index (χ3n) is 4.01. The molecule has 3 rings (SSSR count). The summed E-state index contributed by atoms with van der Waals surface area (Å²) in [4.78, 5) is 12.5. The molecule has 1 N–H and O–H groups in total. The van der Waals surface area contributed by atoms with Gasteiger partial charge in [-0.3, -0.25) is 4.79 Å². The van der Waals surface area contributed by atoms with Gasteiger partial charge in [0.15, 0.2) is 5.78 Å². The summed E-state index contributed by atoms with van der Waals surface area (Å²) in [7, 11) is -0.732. The summed E-state index contributed by atoms with van der Waals surface area (Å²) in [5.41, 5.74) is 1.72. The van der Waals surface area contributed by atoms with E-state index < -0.39 is 10.0 Å². The SMILES string of the molecule is CN(C)S(=O)(=O)c1cccc(C(=O)CNc2cc(-c3ccc(Cl)cc3)no2)c1. The molecule has 2 aromatic carbocycles. The van der Waals surface area contributed by atoms with Crippen molar-refractivity contribution in [3.05, 3.63) is 65.2 Å². The Labute approximate surface area is 168 Å². The molecule has 1 aromatic heterocycles. The summed E-state index contributed by atoms with van der Waals surface area (Å²) in [5.74, 6) is 0.0515. The Morgan fingerprint density at radius 3 is 2.54 bits per heavy atom. The monoisotopic (exact) mass is 419 g/mol. The lowest BCUT2D eigenvalue weighted by Gasteiger charge is -2.12. The van der Waals surface area contributed by atoms with Gasteiger partial charge in [0, 0.05) is 36.3 Å². The number of nitrogens with zero attached hydrogens (tertiary/aromatic N) is 2. The van der Waals surface area contributed by atoms with Crippen molar-refractivity contribution in [1.82, 2.24) is 9.46 Å². The zero-order valence-corrected chi connectivity index (χ0v) is 16.8. The summed E-state index contributed by atoms with van der Waals surface area (Å²) in [6.45, 7) is -0.0687. The number of sulfonamides is 1. The number of rotatable bonds is 7. The maximum absolute atomic E-state index is 12.4. The van der Waals surface area contributed by atoms with Crippen LogP contribution >= 0.6 is 11.6 Å². The quantitative estimate of drug-likeness (QED) is 0.589. The number of ketones is 1. The first-order valence-electron chi connectivity index (χ1n) is 8.30. The van der Waals surface area contributed by atoms with Crippen LogP contribution in [0.1, 0.15) is 10.4 Å². The predicted octanol–water partition coefficient (Wildman–Crippen LogP) is 3.54. The lowest BCUT2D eigenvalue weighted by molar-refractivity contribution is 0.100. The second-order valence-electron chi connectivity index (χ2n) is 6.18. The Balaban J connectivity index is 1.69. The summed E-state index contributed by atoms with van der Waals surface area (Å²) >= 11 is 5.87. The van der Waals surface area contributed by atoms with E-state index in [1.807, 2.05) is 12.1 Å². The van der Waals surface area contributed by atoms with Gasteiger partial charge in [0.1, 0.15) is 5.69 Å². The van der Waals surface area contributed by atoms with E-state index in [4.69, 9.17) is 16.1 Å². The molecule has 0 atom stereocenters. The Bertz CT molecular complexity index is 1090. The number of nitrogens with one attached hydrogen (secondary N) is 1. The highest BCUT2D eigenvalue weighted by molar-refractivity contribution is 7.89. The van der Waals surface area contributed by atoms with Crippen molar-refractivity contribution in [2.45, 2.75) is 4.90 Å². The van der Waals surface area contributed by atoms with E-state index in [-0.39, 0.29) is 22.8 Å². The van der Waals surface area contributed by atoms with Crippen LogP contribution in [0.2, 0.25) is 5.02 Å². The molecule has 1 heterocycles. The Hall–Kier alpha value is -2.68. The number of anilines is 1. The summed E-state index contributed by atoms with van der Waals surface area (Å²) in [6.07, 6.45) is 0. The van der Waals surface area contributed by atoms with Gasteiger partial charge in [-0.05, 0) is 24.3 Å². The predicted molar refractivity (Wildman–Crippen MR) is 107 cm³/mol. The third kappa shape index (κ3) is 4.41. The van der Waals surface area contributed by atoms with Crippen molar-refractivity contribution < 1.29 is 17.7 Å². The molecule has 7 nitrogen and oxygen atoms in total. The number of carbonyl (C=O) groups excluding carboxylic acids is 1. The van der Waals surface area contributed by atoms with Gasteiger partial charge in [-0.25, -0.2) is 12.7 Å². The van der Waals surface area contributed by atoms with E-state index in [0.29, 0.717) is 16.6 Å². The number of aromatic nitrogens is 1. The standard InChI is InChI=1S/C19H18ClN3O4S/c1-23(2)28(25,26)16-5-3-4-14(10-16)18(24)12-21-19-11-17(22-27-19)13-6-8-15(20)9-7-13/h3-11,21H,12H2,1-2H3. The van der Waals surface area contributed by atoms with Crippen molar-refractivity contribution in [3.8, 4) is 11.3 Å². The first-order chi connectivity index (χ1) is 13.3. The summed E-state index contributed by atoms with van der Waals surface area (Å²) < 4.78 is 30.7. The van der Waals surface area contributed by atoms with Crippen LogP contribution in [0.5, 0.6) is 0 Å². The molecule has 0 unspecified atom stereocenters. The second-order valence-corrected chi connectivity index (χ2v) is 8.76. The van der Waals surface area contributed by atoms with Crippen molar-refractivity contribution >= 4 is 33.3 Å². The molecule has 0 aliphatic rings. The Kier molecular flexibility index (Phi) is 5.83. The molecule has 0 aliphatic carbocycles.